The first-order valence-electron chi connectivity index (χ1n) is 4.93. The molecule has 0 aliphatic carbocycles. The van der Waals surface area contributed by atoms with Crippen LogP contribution in [0.3, 0.4) is 0 Å². The highest BCUT2D eigenvalue weighted by Gasteiger charge is 2.68. The second-order valence-electron chi connectivity index (χ2n) is 4.29. The van der Waals surface area contributed by atoms with Crippen molar-refractivity contribution < 1.29 is 18.9 Å². The van der Waals surface area contributed by atoms with Crippen molar-refractivity contribution in [3.8, 4) is 0 Å². The number of fused-ring (bicyclic) bond motifs is 2. The van der Waals surface area contributed by atoms with Crippen LogP contribution in [0.2, 0.25) is 0 Å². The van der Waals surface area contributed by atoms with Crippen molar-refractivity contribution in [3.63, 3.8) is 0 Å². The summed E-state index contributed by atoms with van der Waals surface area (Å²) in [5.74, 6) is 0. The Morgan fingerprint density at radius 3 is 2.71 bits per heavy atom. The largest absolute Gasteiger partial charge is 0.381 e. The van der Waals surface area contributed by atoms with Crippen LogP contribution in [0, 0.1) is 0 Å². The van der Waals surface area contributed by atoms with Gasteiger partial charge in [0.05, 0.1) is 19.2 Å². The summed E-state index contributed by atoms with van der Waals surface area (Å²) in [4.78, 5) is 0. The standard InChI is InChI=1S/C9H17BO4/c1-8(12-3)6-7(10)14-9(8,4-11-2)5-13-6/h6-7H,4-5,10H2,1-3H3/t6-,7-,8-,9-/m1/s1. The summed E-state index contributed by atoms with van der Waals surface area (Å²) in [6.45, 7) is 3.10. The van der Waals surface area contributed by atoms with Crippen molar-refractivity contribution in [2.45, 2.75) is 30.2 Å². The Morgan fingerprint density at radius 1 is 1.50 bits per heavy atom. The van der Waals surface area contributed by atoms with Gasteiger partial charge >= 0.3 is 0 Å². The zero-order valence-electron chi connectivity index (χ0n) is 9.20. The first kappa shape index (κ1) is 10.4. The second-order valence-corrected chi connectivity index (χ2v) is 4.29. The van der Waals surface area contributed by atoms with Gasteiger partial charge in [-0.15, -0.1) is 0 Å². The Bertz CT molecular complexity index is 237. The van der Waals surface area contributed by atoms with Crippen LogP contribution in [0.15, 0.2) is 0 Å². The molecule has 0 radical (unpaired) electrons. The molecule has 0 aromatic carbocycles. The summed E-state index contributed by atoms with van der Waals surface area (Å²) >= 11 is 0. The van der Waals surface area contributed by atoms with E-state index in [1.807, 2.05) is 14.8 Å². The van der Waals surface area contributed by atoms with E-state index in [1.54, 1.807) is 14.2 Å². The van der Waals surface area contributed by atoms with E-state index in [1.165, 1.54) is 0 Å². The fourth-order valence-corrected chi connectivity index (χ4v) is 2.69. The zero-order valence-corrected chi connectivity index (χ0v) is 9.20. The van der Waals surface area contributed by atoms with Gasteiger partial charge in [-0.1, -0.05) is 0 Å². The molecule has 4 atom stereocenters. The molecule has 2 fully saturated rings. The molecule has 0 aromatic rings. The highest BCUT2D eigenvalue weighted by atomic mass is 16.7. The molecule has 2 saturated heterocycles. The minimum atomic E-state index is -0.430. The highest BCUT2D eigenvalue weighted by Crippen LogP contribution is 2.48. The lowest BCUT2D eigenvalue weighted by atomic mass is 9.81. The van der Waals surface area contributed by atoms with Crippen LogP contribution in [-0.4, -0.2) is 58.6 Å². The summed E-state index contributed by atoms with van der Waals surface area (Å²) < 4.78 is 22.4. The Balaban J connectivity index is 2.31. The normalized spacial score (nSPS) is 51.4. The molecule has 14 heavy (non-hydrogen) atoms. The fourth-order valence-electron chi connectivity index (χ4n) is 2.69. The molecule has 2 heterocycles. The van der Waals surface area contributed by atoms with Crippen LogP contribution in [0.4, 0.5) is 0 Å². The van der Waals surface area contributed by atoms with Gasteiger partial charge in [-0.25, -0.2) is 0 Å². The lowest BCUT2D eigenvalue weighted by Crippen LogP contribution is -2.54. The van der Waals surface area contributed by atoms with Gasteiger partial charge in [0.1, 0.15) is 25.2 Å². The van der Waals surface area contributed by atoms with Crippen molar-refractivity contribution in [1.82, 2.24) is 0 Å². The van der Waals surface area contributed by atoms with Crippen LogP contribution in [0.25, 0.3) is 0 Å². The van der Waals surface area contributed by atoms with Crippen molar-refractivity contribution in [3.05, 3.63) is 0 Å². The Kier molecular flexibility index (Phi) is 2.38. The van der Waals surface area contributed by atoms with Crippen LogP contribution in [0.1, 0.15) is 6.92 Å². The summed E-state index contributed by atoms with van der Waals surface area (Å²) in [6.07, 6.45) is 0.0163. The smallest absolute Gasteiger partial charge is 0.145 e. The molecular weight excluding hydrogens is 183 g/mol. The topological polar surface area (TPSA) is 36.9 Å². The molecule has 80 valence electrons. The molecule has 5 heteroatoms. The number of hydrogen-bond donors (Lipinski definition) is 0. The maximum atomic E-state index is 5.92. The van der Waals surface area contributed by atoms with Crippen molar-refractivity contribution in [2.75, 3.05) is 27.4 Å². The molecule has 0 spiro atoms. The van der Waals surface area contributed by atoms with Crippen LogP contribution in [-0.2, 0) is 18.9 Å². The molecule has 0 aromatic heterocycles. The maximum Gasteiger partial charge on any atom is 0.145 e. The minimum Gasteiger partial charge on any atom is -0.381 e. The SMILES string of the molecule is B[C@@H]1O[C@]2(COC)CO[C@H]1[C@@]2(C)OC. The monoisotopic (exact) mass is 200 g/mol. The number of hydrogen-bond acceptors (Lipinski definition) is 4. The third kappa shape index (κ3) is 1.04. The average molecular weight is 200 g/mol. The molecule has 2 aliphatic rings. The van der Waals surface area contributed by atoms with E-state index in [9.17, 15) is 0 Å². The molecule has 0 unspecified atom stereocenters. The Hall–Kier alpha value is -0.0951. The Labute approximate surface area is 85.3 Å². The molecule has 4 nitrogen and oxygen atoms in total. The second kappa shape index (κ2) is 3.20. The van der Waals surface area contributed by atoms with Crippen molar-refractivity contribution in [1.29, 1.82) is 0 Å². The average Bonchev–Trinajstić information content (AvgIpc) is 2.53. The van der Waals surface area contributed by atoms with Crippen LogP contribution >= 0.6 is 0 Å². The maximum absolute atomic E-state index is 5.92. The molecule has 0 N–H and O–H groups in total. The van der Waals surface area contributed by atoms with Gasteiger partial charge in [-0.3, -0.25) is 0 Å². The van der Waals surface area contributed by atoms with Gasteiger partial charge in [0, 0.05) is 14.2 Å². The third-order valence-electron chi connectivity index (χ3n) is 3.58. The molecule has 2 bridgehead atoms. The van der Waals surface area contributed by atoms with E-state index < -0.39 is 5.60 Å². The van der Waals surface area contributed by atoms with Crippen molar-refractivity contribution in [2.24, 2.45) is 0 Å². The summed E-state index contributed by atoms with van der Waals surface area (Å²) in [5, 5.41) is 0. The van der Waals surface area contributed by atoms with Gasteiger partial charge in [0.2, 0.25) is 0 Å². The quantitative estimate of drug-likeness (QED) is 0.557. The number of rotatable bonds is 3. The third-order valence-corrected chi connectivity index (χ3v) is 3.58. The first-order valence-corrected chi connectivity index (χ1v) is 4.93. The van der Waals surface area contributed by atoms with E-state index in [-0.39, 0.29) is 17.7 Å². The number of methoxy groups -OCH3 is 2. The summed E-state index contributed by atoms with van der Waals surface area (Å²) in [7, 11) is 5.39. The zero-order chi connectivity index (χ0) is 10.4. The first-order chi connectivity index (χ1) is 6.59. The van der Waals surface area contributed by atoms with E-state index in [2.05, 4.69) is 0 Å². The van der Waals surface area contributed by atoms with Crippen LogP contribution < -0.4 is 0 Å². The lowest BCUT2D eigenvalue weighted by molar-refractivity contribution is -0.159. The Morgan fingerprint density at radius 2 is 2.21 bits per heavy atom. The van der Waals surface area contributed by atoms with Crippen LogP contribution in [0.5, 0.6) is 0 Å². The van der Waals surface area contributed by atoms with Gasteiger partial charge < -0.3 is 18.9 Å². The molecule has 0 amide bonds. The van der Waals surface area contributed by atoms with Gasteiger partial charge in [0.15, 0.2) is 0 Å². The molecule has 2 aliphatic heterocycles. The van der Waals surface area contributed by atoms with Gasteiger partial charge in [-0.2, -0.15) is 0 Å². The van der Waals surface area contributed by atoms with Gasteiger partial charge in [-0.05, 0) is 6.92 Å². The predicted molar refractivity (Wildman–Crippen MR) is 53.2 cm³/mol. The summed E-state index contributed by atoms with van der Waals surface area (Å²) in [6, 6.07) is 0.0730. The van der Waals surface area contributed by atoms with E-state index in [4.69, 9.17) is 18.9 Å². The predicted octanol–water partition coefficient (Wildman–Crippen LogP) is -0.835. The fraction of sp³-hybridized carbons (Fsp3) is 1.00. The number of ether oxygens (including phenoxy) is 4. The van der Waals surface area contributed by atoms with Gasteiger partial charge in [0.25, 0.3) is 0 Å². The van der Waals surface area contributed by atoms with E-state index >= 15 is 0 Å². The van der Waals surface area contributed by atoms with E-state index in [0.29, 0.717) is 13.2 Å². The highest BCUT2D eigenvalue weighted by molar-refractivity contribution is 6.12. The molecule has 0 saturated carbocycles. The minimum absolute atomic E-state index is 0.0163. The van der Waals surface area contributed by atoms with E-state index in [0.717, 1.165) is 0 Å². The molecular formula is C9H17BO4. The van der Waals surface area contributed by atoms with Crippen molar-refractivity contribution >= 4 is 7.85 Å². The molecule has 2 rings (SSSR count). The summed E-state index contributed by atoms with van der Waals surface area (Å²) in [5.41, 5.74) is -0.816. The lowest BCUT2D eigenvalue weighted by Gasteiger charge is -2.35.